The molecule has 1 saturated heterocycles. The third kappa shape index (κ3) is 4.04. The molecule has 0 unspecified atom stereocenters. The Morgan fingerprint density at radius 1 is 1.10 bits per heavy atom. The van der Waals surface area contributed by atoms with E-state index in [0.29, 0.717) is 29.6 Å². The molecule has 0 saturated carbocycles. The summed E-state index contributed by atoms with van der Waals surface area (Å²) in [5, 5.41) is 0.0573. The Morgan fingerprint density at radius 3 is 2.53 bits per heavy atom. The van der Waals surface area contributed by atoms with Crippen LogP contribution in [0, 0.1) is 0 Å². The minimum absolute atomic E-state index is 0.270. The van der Waals surface area contributed by atoms with Gasteiger partial charge in [0, 0.05) is 12.5 Å². The monoisotopic (exact) mass is 424 g/mol. The van der Waals surface area contributed by atoms with Crippen LogP contribution in [0.3, 0.4) is 0 Å². The maximum absolute atomic E-state index is 13.2. The summed E-state index contributed by atoms with van der Waals surface area (Å²) in [5.41, 5.74) is 1.73. The molecule has 1 amide bonds. The number of aliphatic imine (C=N–C) groups is 1. The van der Waals surface area contributed by atoms with E-state index in [1.54, 1.807) is 44.6 Å². The molecule has 154 valence electrons. The van der Waals surface area contributed by atoms with Crippen molar-refractivity contribution in [1.82, 2.24) is 0 Å². The minimum Gasteiger partial charge on any atom is -0.497 e. The molecule has 1 fully saturated rings. The zero-order valence-corrected chi connectivity index (χ0v) is 17.3. The first-order valence-corrected chi connectivity index (χ1v) is 10.2. The highest BCUT2D eigenvalue weighted by atomic mass is 32.2. The van der Waals surface area contributed by atoms with Crippen molar-refractivity contribution >= 4 is 40.6 Å². The van der Waals surface area contributed by atoms with Gasteiger partial charge in [0.1, 0.15) is 22.4 Å². The Hall–Kier alpha value is -3.26. The van der Waals surface area contributed by atoms with Gasteiger partial charge in [-0.25, -0.2) is 4.99 Å². The van der Waals surface area contributed by atoms with Crippen molar-refractivity contribution in [3.63, 3.8) is 0 Å². The first-order chi connectivity index (χ1) is 14.6. The van der Waals surface area contributed by atoms with Crippen LogP contribution in [0.4, 0.5) is 5.69 Å². The predicted octanol–water partition coefficient (Wildman–Crippen LogP) is 3.50. The van der Waals surface area contributed by atoms with E-state index in [9.17, 15) is 9.59 Å². The Labute approximate surface area is 178 Å². The molecule has 2 aliphatic rings. The molecule has 30 heavy (non-hydrogen) atoms. The highest BCUT2D eigenvalue weighted by Gasteiger charge is 2.37. The molecule has 2 aromatic carbocycles. The Balaban J connectivity index is 1.69. The Bertz CT molecular complexity index is 1030. The molecule has 8 heteroatoms. The summed E-state index contributed by atoms with van der Waals surface area (Å²) in [7, 11) is 3.17. The average Bonchev–Trinajstić information content (AvgIpc) is 3.31. The van der Waals surface area contributed by atoms with Crippen molar-refractivity contribution in [2.45, 2.75) is 11.7 Å². The summed E-state index contributed by atoms with van der Waals surface area (Å²) in [6.07, 6.45) is 2.30. The summed E-state index contributed by atoms with van der Waals surface area (Å²) in [6, 6.07) is 14.5. The van der Waals surface area contributed by atoms with E-state index in [1.165, 1.54) is 16.7 Å². The van der Waals surface area contributed by atoms with Gasteiger partial charge in [0.25, 0.3) is 5.91 Å². The third-order valence-electron chi connectivity index (χ3n) is 4.70. The van der Waals surface area contributed by atoms with Crippen LogP contribution in [0.25, 0.3) is 6.08 Å². The molecule has 7 nitrogen and oxygen atoms in total. The van der Waals surface area contributed by atoms with Gasteiger partial charge in [-0.15, -0.1) is 0 Å². The molecule has 1 atom stereocenters. The number of carbonyl (C=O) groups excluding carboxylic acids is 2. The number of methoxy groups -OCH3 is 2. The van der Waals surface area contributed by atoms with Gasteiger partial charge in [0.05, 0.1) is 26.5 Å². The number of anilines is 1. The van der Waals surface area contributed by atoms with Gasteiger partial charge in [-0.05, 0) is 35.9 Å². The number of carbonyl (C=O) groups is 2. The molecule has 0 radical (unpaired) electrons. The molecule has 0 aliphatic carbocycles. The summed E-state index contributed by atoms with van der Waals surface area (Å²) in [4.78, 5) is 31.3. The maximum Gasteiger partial charge on any atom is 0.319 e. The van der Waals surface area contributed by atoms with Crippen LogP contribution in [0.1, 0.15) is 12.0 Å². The zero-order chi connectivity index (χ0) is 21.1. The SMILES string of the molecule is COc1ccc(/C=C2\N=C(S[C@@H]3CCOC3=O)N(c3cccc(OC)c3)C2=O)cc1. The number of esters is 1. The van der Waals surface area contributed by atoms with Crippen LogP contribution in [0.5, 0.6) is 11.5 Å². The third-order valence-corrected chi connectivity index (χ3v) is 5.89. The Kier molecular flexibility index (Phi) is 5.76. The van der Waals surface area contributed by atoms with Gasteiger partial charge in [-0.3, -0.25) is 14.5 Å². The second-order valence-corrected chi connectivity index (χ2v) is 7.77. The molecule has 2 aliphatic heterocycles. The molecule has 0 N–H and O–H groups in total. The molecular formula is C22H20N2O5S. The van der Waals surface area contributed by atoms with Gasteiger partial charge in [0.15, 0.2) is 5.17 Å². The van der Waals surface area contributed by atoms with Gasteiger partial charge in [0.2, 0.25) is 0 Å². The van der Waals surface area contributed by atoms with Crippen LogP contribution >= 0.6 is 11.8 Å². The fraction of sp³-hybridized carbons (Fsp3) is 0.227. The molecule has 4 rings (SSSR count). The normalized spacial score (nSPS) is 19.8. The lowest BCUT2D eigenvalue weighted by atomic mass is 10.2. The van der Waals surface area contributed by atoms with Gasteiger partial charge in [-0.1, -0.05) is 30.0 Å². The zero-order valence-electron chi connectivity index (χ0n) is 16.5. The lowest BCUT2D eigenvalue weighted by Crippen LogP contribution is -2.32. The second-order valence-electron chi connectivity index (χ2n) is 6.60. The number of ether oxygens (including phenoxy) is 3. The fourth-order valence-corrected chi connectivity index (χ4v) is 4.20. The summed E-state index contributed by atoms with van der Waals surface area (Å²) in [6.45, 7) is 0.380. The number of rotatable bonds is 5. The molecular weight excluding hydrogens is 404 g/mol. The number of cyclic esters (lactones) is 1. The Morgan fingerprint density at radius 2 is 1.87 bits per heavy atom. The fourth-order valence-electron chi connectivity index (χ4n) is 3.12. The highest BCUT2D eigenvalue weighted by molar-refractivity contribution is 8.15. The van der Waals surface area contributed by atoms with Gasteiger partial charge >= 0.3 is 5.97 Å². The lowest BCUT2D eigenvalue weighted by Gasteiger charge is -2.19. The van der Waals surface area contributed by atoms with Crippen LogP contribution in [-0.4, -0.2) is 43.1 Å². The number of thioether (sulfide) groups is 1. The number of amides is 1. The highest BCUT2D eigenvalue weighted by Crippen LogP contribution is 2.34. The summed E-state index contributed by atoms with van der Waals surface area (Å²) >= 11 is 1.24. The van der Waals surface area contributed by atoms with Crippen molar-refractivity contribution in [2.24, 2.45) is 4.99 Å². The van der Waals surface area contributed by atoms with Crippen molar-refractivity contribution in [1.29, 1.82) is 0 Å². The van der Waals surface area contributed by atoms with Crippen LogP contribution in [0.2, 0.25) is 0 Å². The molecule has 2 aromatic rings. The van der Waals surface area contributed by atoms with Crippen LogP contribution in [-0.2, 0) is 14.3 Å². The van der Waals surface area contributed by atoms with Crippen molar-refractivity contribution < 1.29 is 23.8 Å². The molecule has 0 bridgehead atoms. The van der Waals surface area contributed by atoms with E-state index in [2.05, 4.69) is 4.99 Å². The van der Waals surface area contributed by atoms with E-state index >= 15 is 0 Å². The number of nitrogens with zero attached hydrogens (tertiary/aromatic N) is 2. The largest absolute Gasteiger partial charge is 0.497 e. The second kappa shape index (κ2) is 8.62. The van der Waals surface area contributed by atoms with Crippen LogP contribution in [0.15, 0.2) is 59.2 Å². The standard InChI is InChI=1S/C22H20N2O5S/c1-27-16-8-6-14(7-9-16)12-18-20(25)24(15-4-3-5-17(13-15)28-2)22(23-18)30-19-10-11-29-21(19)26/h3-9,12-13,19H,10-11H2,1-2H3/b18-12-/t19-/m1/s1. The molecule has 0 spiro atoms. The average molecular weight is 424 g/mol. The topological polar surface area (TPSA) is 77.4 Å². The minimum atomic E-state index is -0.384. The summed E-state index contributed by atoms with van der Waals surface area (Å²) in [5.74, 6) is 0.797. The number of hydrogen-bond acceptors (Lipinski definition) is 7. The maximum atomic E-state index is 13.2. The first-order valence-electron chi connectivity index (χ1n) is 9.35. The van der Waals surface area contributed by atoms with E-state index in [-0.39, 0.29) is 22.8 Å². The number of hydrogen-bond donors (Lipinski definition) is 0. The quantitative estimate of drug-likeness (QED) is 0.540. The van der Waals surface area contributed by atoms with Gasteiger partial charge in [-0.2, -0.15) is 0 Å². The van der Waals surface area contributed by atoms with E-state index in [4.69, 9.17) is 14.2 Å². The van der Waals surface area contributed by atoms with Crippen LogP contribution < -0.4 is 14.4 Å². The summed E-state index contributed by atoms with van der Waals surface area (Å²) < 4.78 is 15.5. The number of amidine groups is 1. The van der Waals surface area contributed by atoms with Crippen molar-refractivity contribution in [3.8, 4) is 11.5 Å². The smallest absolute Gasteiger partial charge is 0.319 e. The van der Waals surface area contributed by atoms with E-state index < -0.39 is 0 Å². The van der Waals surface area contributed by atoms with Crippen molar-refractivity contribution in [2.75, 3.05) is 25.7 Å². The van der Waals surface area contributed by atoms with E-state index in [1.807, 2.05) is 24.3 Å². The molecule has 2 heterocycles. The molecule has 0 aromatic heterocycles. The van der Waals surface area contributed by atoms with Crippen molar-refractivity contribution in [3.05, 3.63) is 59.8 Å². The van der Waals surface area contributed by atoms with E-state index in [0.717, 1.165) is 11.3 Å². The first kappa shape index (κ1) is 20.0. The number of benzene rings is 2. The lowest BCUT2D eigenvalue weighted by molar-refractivity contribution is -0.137. The predicted molar refractivity (Wildman–Crippen MR) is 116 cm³/mol. The van der Waals surface area contributed by atoms with Gasteiger partial charge < -0.3 is 14.2 Å².